The van der Waals surface area contributed by atoms with Crippen molar-refractivity contribution in [3.8, 4) is 0 Å². The fourth-order valence-corrected chi connectivity index (χ4v) is 1.72. The number of anilines is 1. The molecule has 0 saturated heterocycles. The molecular weight excluding hydrogens is 264 g/mol. The van der Waals surface area contributed by atoms with Crippen molar-refractivity contribution in [1.29, 1.82) is 0 Å². The van der Waals surface area contributed by atoms with Crippen LogP contribution in [0.5, 0.6) is 0 Å². The molecule has 0 unspecified atom stereocenters. The summed E-state index contributed by atoms with van der Waals surface area (Å²) in [6.45, 7) is 7.58. The third-order valence-electron chi connectivity index (χ3n) is 2.53. The summed E-state index contributed by atoms with van der Waals surface area (Å²) in [5, 5.41) is 2.90. The third-order valence-corrected chi connectivity index (χ3v) is 2.86. The molecule has 0 aliphatic heterocycles. The molecule has 0 fully saturated rings. The zero-order valence-electron chi connectivity index (χ0n) is 11.0. The lowest BCUT2D eigenvalue weighted by atomic mass is 10.2. The SMILES string of the molecule is C=CCN(C(=O)C(=O)Nc1ccccc1Cl)C(C)C. The molecule has 2 amide bonds. The lowest BCUT2D eigenvalue weighted by Crippen LogP contribution is -2.43. The molecule has 0 saturated carbocycles. The van der Waals surface area contributed by atoms with Gasteiger partial charge in [-0.15, -0.1) is 6.58 Å². The zero-order chi connectivity index (χ0) is 14.4. The second-order valence-corrected chi connectivity index (χ2v) is 4.68. The lowest BCUT2D eigenvalue weighted by molar-refractivity contribution is -0.143. The molecule has 0 atom stereocenters. The number of amides is 2. The van der Waals surface area contributed by atoms with Crippen molar-refractivity contribution in [2.45, 2.75) is 19.9 Å². The summed E-state index contributed by atoms with van der Waals surface area (Å²) < 4.78 is 0. The van der Waals surface area contributed by atoms with Crippen molar-refractivity contribution in [2.75, 3.05) is 11.9 Å². The first-order chi connectivity index (χ1) is 8.97. The second-order valence-electron chi connectivity index (χ2n) is 4.27. The quantitative estimate of drug-likeness (QED) is 0.681. The van der Waals surface area contributed by atoms with E-state index in [1.807, 2.05) is 13.8 Å². The van der Waals surface area contributed by atoms with Crippen LogP contribution in [-0.4, -0.2) is 29.3 Å². The highest BCUT2D eigenvalue weighted by molar-refractivity contribution is 6.41. The van der Waals surface area contributed by atoms with Gasteiger partial charge in [0.15, 0.2) is 0 Å². The predicted octanol–water partition coefficient (Wildman–Crippen LogP) is 2.70. The van der Waals surface area contributed by atoms with Crippen LogP contribution >= 0.6 is 11.6 Å². The molecule has 5 heteroatoms. The van der Waals surface area contributed by atoms with Gasteiger partial charge in [-0.3, -0.25) is 9.59 Å². The Kier molecular flexibility index (Phi) is 5.57. The van der Waals surface area contributed by atoms with Gasteiger partial charge >= 0.3 is 11.8 Å². The number of benzene rings is 1. The fraction of sp³-hybridized carbons (Fsp3) is 0.286. The van der Waals surface area contributed by atoms with E-state index in [1.54, 1.807) is 30.3 Å². The Morgan fingerprint density at radius 3 is 2.58 bits per heavy atom. The highest BCUT2D eigenvalue weighted by Gasteiger charge is 2.23. The van der Waals surface area contributed by atoms with E-state index in [2.05, 4.69) is 11.9 Å². The summed E-state index contributed by atoms with van der Waals surface area (Å²) in [7, 11) is 0. The number of nitrogens with zero attached hydrogens (tertiary/aromatic N) is 1. The van der Waals surface area contributed by atoms with Gasteiger partial charge in [-0.1, -0.05) is 29.8 Å². The Bertz CT molecular complexity index is 486. The molecular formula is C14H17ClN2O2. The van der Waals surface area contributed by atoms with Crippen LogP contribution in [0.3, 0.4) is 0 Å². The first-order valence-corrected chi connectivity index (χ1v) is 6.32. The molecule has 1 aromatic rings. The number of hydrogen-bond donors (Lipinski definition) is 1. The first kappa shape index (κ1) is 15.2. The van der Waals surface area contributed by atoms with Crippen LogP contribution in [-0.2, 0) is 9.59 Å². The molecule has 0 aromatic heterocycles. The van der Waals surface area contributed by atoms with Crippen molar-refractivity contribution in [1.82, 2.24) is 4.90 Å². The van der Waals surface area contributed by atoms with E-state index in [1.165, 1.54) is 4.90 Å². The molecule has 0 radical (unpaired) electrons. The van der Waals surface area contributed by atoms with Gasteiger partial charge in [0, 0.05) is 12.6 Å². The predicted molar refractivity (Wildman–Crippen MR) is 77.1 cm³/mol. The first-order valence-electron chi connectivity index (χ1n) is 5.94. The number of carbonyl (C=O) groups is 2. The molecule has 0 bridgehead atoms. The minimum absolute atomic E-state index is 0.0810. The number of nitrogens with one attached hydrogen (secondary N) is 1. The summed E-state index contributed by atoms with van der Waals surface area (Å²) >= 11 is 5.92. The molecule has 1 rings (SSSR count). The molecule has 1 N–H and O–H groups in total. The van der Waals surface area contributed by atoms with E-state index in [4.69, 9.17) is 11.6 Å². The number of hydrogen-bond acceptors (Lipinski definition) is 2. The smallest absolute Gasteiger partial charge is 0.313 e. The average molecular weight is 281 g/mol. The Balaban J connectivity index is 2.80. The summed E-state index contributed by atoms with van der Waals surface area (Å²) in [5.74, 6) is -1.31. The monoisotopic (exact) mass is 280 g/mol. The van der Waals surface area contributed by atoms with Crippen LogP contribution in [0.15, 0.2) is 36.9 Å². The number of para-hydroxylation sites is 1. The normalized spacial score (nSPS) is 10.1. The third kappa shape index (κ3) is 4.10. The fourth-order valence-electron chi connectivity index (χ4n) is 1.54. The number of carbonyl (C=O) groups excluding carboxylic acids is 2. The van der Waals surface area contributed by atoms with E-state index in [0.717, 1.165) is 0 Å². The van der Waals surface area contributed by atoms with Gasteiger partial charge in [-0.25, -0.2) is 0 Å². The molecule has 102 valence electrons. The van der Waals surface area contributed by atoms with Gasteiger partial charge in [0.1, 0.15) is 0 Å². The van der Waals surface area contributed by atoms with Gasteiger partial charge in [0.05, 0.1) is 10.7 Å². The van der Waals surface area contributed by atoms with Crippen LogP contribution in [0, 0.1) is 0 Å². The van der Waals surface area contributed by atoms with Crippen LogP contribution in [0.25, 0.3) is 0 Å². The van der Waals surface area contributed by atoms with E-state index in [0.29, 0.717) is 17.3 Å². The van der Waals surface area contributed by atoms with E-state index >= 15 is 0 Å². The number of rotatable bonds is 4. The molecule has 0 heterocycles. The standard InChI is InChI=1S/C14H17ClN2O2/c1-4-9-17(10(2)3)14(19)13(18)16-12-8-6-5-7-11(12)15/h4-8,10H,1,9H2,2-3H3,(H,16,18). The molecule has 4 nitrogen and oxygen atoms in total. The van der Waals surface area contributed by atoms with Crippen molar-refractivity contribution in [3.05, 3.63) is 41.9 Å². The second kappa shape index (κ2) is 6.95. The Morgan fingerprint density at radius 2 is 2.05 bits per heavy atom. The van der Waals surface area contributed by atoms with Crippen molar-refractivity contribution >= 4 is 29.1 Å². The minimum atomic E-state index is -0.705. The van der Waals surface area contributed by atoms with Crippen LogP contribution in [0.4, 0.5) is 5.69 Å². The Hall–Kier alpha value is -1.81. The molecule has 19 heavy (non-hydrogen) atoms. The summed E-state index contributed by atoms with van der Waals surface area (Å²) in [4.78, 5) is 25.3. The van der Waals surface area contributed by atoms with Gasteiger partial charge in [0.2, 0.25) is 0 Å². The Morgan fingerprint density at radius 1 is 1.42 bits per heavy atom. The van der Waals surface area contributed by atoms with Gasteiger partial charge in [0.25, 0.3) is 0 Å². The van der Waals surface area contributed by atoms with Gasteiger partial charge in [-0.05, 0) is 26.0 Å². The van der Waals surface area contributed by atoms with Crippen molar-refractivity contribution in [3.63, 3.8) is 0 Å². The highest BCUT2D eigenvalue weighted by atomic mass is 35.5. The van der Waals surface area contributed by atoms with Crippen LogP contribution < -0.4 is 5.32 Å². The van der Waals surface area contributed by atoms with E-state index in [-0.39, 0.29) is 6.04 Å². The van der Waals surface area contributed by atoms with E-state index < -0.39 is 11.8 Å². The average Bonchev–Trinajstić information content (AvgIpc) is 2.37. The summed E-state index contributed by atoms with van der Waals surface area (Å²) in [6, 6.07) is 6.68. The van der Waals surface area contributed by atoms with Gasteiger partial charge < -0.3 is 10.2 Å². The summed E-state index contributed by atoms with van der Waals surface area (Å²) in [5.41, 5.74) is 0.421. The van der Waals surface area contributed by atoms with Crippen molar-refractivity contribution in [2.24, 2.45) is 0 Å². The molecule has 1 aromatic carbocycles. The lowest BCUT2D eigenvalue weighted by Gasteiger charge is -2.24. The highest BCUT2D eigenvalue weighted by Crippen LogP contribution is 2.20. The van der Waals surface area contributed by atoms with Crippen LogP contribution in [0.2, 0.25) is 5.02 Å². The number of halogens is 1. The minimum Gasteiger partial charge on any atom is -0.328 e. The zero-order valence-corrected chi connectivity index (χ0v) is 11.8. The van der Waals surface area contributed by atoms with Crippen LogP contribution in [0.1, 0.15) is 13.8 Å². The van der Waals surface area contributed by atoms with Gasteiger partial charge in [-0.2, -0.15) is 0 Å². The maximum atomic E-state index is 12.0. The maximum Gasteiger partial charge on any atom is 0.313 e. The topological polar surface area (TPSA) is 49.4 Å². The largest absolute Gasteiger partial charge is 0.328 e. The molecule has 0 aliphatic carbocycles. The van der Waals surface area contributed by atoms with E-state index in [9.17, 15) is 9.59 Å². The van der Waals surface area contributed by atoms with Crippen molar-refractivity contribution < 1.29 is 9.59 Å². The summed E-state index contributed by atoms with van der Waals surface area (Å²) in [6.07, 6.45) is 1.58. The molecule has 0 aliphatic rings. The maximum absolute atomic E-state index is 12.0. The Labute approximate surface area is 118 Å². The molecule has 0 spiro atoms.